The van der Waals surface area contributed by atoms with Crippen molar-refractivity contribution in [3.8, 4) is 0 Å². The van der Waals surface area contributed by atoms with Crippen molar-refractivity contribution >= 4 is 17.7 Å². The first-order valence-electron chi connectivity index (χ1n) is 3.90. The highest BCUT2D eigenvalue weighted by Gasteiger charge is 2.23. The Morgan fingerprint density at radius 2 is 1.91 bits per heavy atom. The van der Waals surface area contributed by atoms with Gasteiger partial charge in [-0.3, -0.25) is 9.63 Å². The lowest BCUT2D eigenvalue weighted by molar-refractivity contribution is -0.124. The molecular formula is C7H13ClN2O. The summed E-state index contributed by atoms with van der Waals surface area (Å²) in [5, 5.41) is 0. The van der Waals surface area contributed by atoms with Crippen LogP contribution in [0.5, 0.6) is 0 Å². The van der Waals surface area contributed by atoms with Gasteiger partial charge in [0.25, 0.3) is 0 Å². The zero-order valence-corrected chi connectivity index (χ0v) is 7.10. The van der Waals surface area contributed by atoms with Gasteiger partial charge in [-0.1, -0.05) is 0 Å². The minimum absolute atomic E-state index is 0.0569. The highest BCUT2D eigenvalue weighted by Crippen LogP contribution is 2.23. The molecule has 1 saturated carbocycles. The zero-order valence-electron chi connectivity index (χ0n) is 6.35. The maximum Gasteiger partial charge on any atom is 0.237 e. The van der Waals surface area contributed by atoms with E-state index in [-0.39, 0.29) is 17.9 Å². The molecule has 0 aromatic heterocycles. The second-order valence-electron chi connectivity index (χ2n) is 3.07. The van der Waals surface area contributed by atoms with Gasteiger partial charge in [-0.05, 0) is 25.7 Å². The Kier molecular flexibility index (Phi) is 3.15. The van der Waals surface area contributed by atoms with E-state index < -0.39 is 0 Å². The van der Waals surface area contributed by atoms with Gasteiger partial charge in [0.15, 0.2) is 0 Å². The van der Waals surface area contributed by atoms with Crippen molar-refractivity contribution in [3.05, 3.63) is 0 Å². The lowest BCUT2D eigenvalue weighted by Crippen LogP contribution is -2.32. The molecule has 0 aliphatic heterocycles. The van der Waals surface area contributed by atoms with Crippen LogP contribution in [0.4, 0.5) is 0 Å². The molecule has 3 nitrogen and oxygen atoms in total. The first kappa shape index (κ1) is 8.81. The van der Waals surface area contributed by atoms with Crippen molar-refractivity contribution in [3.63, 3.8) is 0 Å². The third-order valence-corrected chi connectivity index (χ3v) is 2.42. The van der Waals surface area contributed by atoms with Crippen LogP contribution < -0.4 is 10.6 Å². The van der Waals surface area contributed by atoms with Gasteiger partial charge >= 0.3 is 0 Å². The Morgan fingerprint density at radius 1 is 1.36 bits per heavy atom. The molecule has 1 aliphatic carbocycles. The van der Waals surface area contributed by atoms with Crippen molar-refractivity contribution in [2.24, 2.45) is 11.7 Å². The van der Waals surface area contributed by atoms with Crippen LogP contribution in [0.1, 0.15) is 25.7 Å². The largest absolute Gasteiger partial charge is 0.328 e. The zero-order chi connectivity index (χ0) is 8.27. The van der Waals surface area contributed by atoms with E-state index in [1.165, 1.54) is 0 Å². The number of hydrogen-bond donors (Lipinski definition) is 2. The Hall–Kier alpha value is -0.280. The molecule has 0 aromatic rings. The summed E-state index contributed by atoms with van der Waals surface area (Å²) in [5.41, 5.74) is 5.67. The van der Waals surface area contributed by atoms with E-state index in [0.29, 0.717) is 0 Å². The topological polar surface area (TPSA) is 55.1 Å². The van der Waals surface area contributed by atoms with Gasteiger partial charge in [0.05, 0.1) is 0 Å². The number of nitrogens with two attached hydrogens (primary N) is 1. The number of hydrogen-bond acceptors (Lipinski definition) is 2. The standard InChI is InChI=1S/C7H13ClN2O/c8-10-7(11)5-1-3-6(9)4-2-5/h5-6H,1-4,9H2,(H,10,11)/t5-,6-. The summed E-state index contributed by atoms with van der Waals surface area (Å²) >= 11 is 5.19. The molecule has 0 spiro atoms. The smallest absolute Gasteiger partial charge is 0.237 e. The molecular weight excluding hydrogens is 164 g/mol. The van der Waals surface area contributed by atoms with Crippen molar-refractivity contribution in [2.75, 3.05) is 0 Å². The number of rotatable bonds is 1. The van der Waals surface area contributed by atoms with Crippen molar-refractivity contribution in [1.82, 2.24) is 4.84 Å². The molecule has 0 bridgehead atoms. The van der Waals surface area contributed by atoms with Crippen LogP contribution >= 0.6 is 11.8 Å². The van der Waals surface area contributed by atoms with Crippen LogP contribution in [0, 0.1) is 5.92 Å². The van der Waals surface area contributed by atoms with Crippen molar-refractivity contribution in [2.45, 2.75) is 31.7 Å². The van der Waals surface area contributed by atoms with Gasteiger partial charge in [0, 0.05) is 23.7 Å². The highest BCUT2D eigenvalue weighted by molar-refractivity contribution is 6.21. The normalized spacial score (nSPS) is 31.5. The number of carbonyl (C=O) groups is 1. The molecule has 1 fully saturated rings. The quantitative estimate of drug-likeness (QED) is 0.580. The molecule has 1 aliphatic rings. The van der Waals surface area contributed by atoms with Gasteiger partial charge in [0.1, 0.15) is 0 Å². The molecule has 64 valence electrons. The summed E-state index contributed by atoms with van der Waals surface area (Å²) in [6, 6.07) is 0.286. The minimum atomic E-state index is -0.0569. The first-order valence-corrected chi connectivity index (χ1v) is 4.28. The number of halogens is 1. The third kappa shape index (κ3) is 2.34. The molecule has 11 heavy (non-hydrogen) atoms. The fourth-order valence-corrected chi connectivity index (χ4v) is 1.61. The number of amides is 1. The first-order chi connectivity index (χ1) is 5.24. The summed E-state index contributed by atoms with van der Waals surface area (Å²) in [5.74, 6) is 0.0332. The van der Waals surface area contributed by atoms with E-state index in [2.05, 4.69) is 4.84 Å². The molecule has 0 saturated heterocycles. The molecule has 0 unspecified atom stereocenters. The van der Waals surface area contributed by atoms with E-state index in [4.69, 9.17) is 17.5 Å². The van der Waals surface area contributed by atoms with Crippen LogP contribution in [0.25, 0.3) is 0 Å². The molecule has 0 radical (unpaired) electrons. The summed E-state index contributed by atoms with van der Waals surface area (Å²) in [7, 11) is 0. The van der Waals surface area contributed by atoms with Crippen molar-refractivity contribution < 1.29 is 4.79 Å². The fraction of sp³-hybridized carbons (Fsp3) is 0.857. The van der Waals surface area contributed by atoms with Crippen LogP contribution in [-0.2, 0) is 4.79 Å². The van der Waals surface area contributed by atoms with E-state index in [1.54, 1.807) is 0 Å². The predicted molar refractivity (Wildman–Crippen MR) is 43.9 cm³/mol. The summed E-state index contributed by atoms with van der Waals surface area (Å²) < 4.78 is 0. The average Bonchev–Trinajstić information content (AvgIpc) is 2.05. The molecule has 3 N–H and O–H groups in total. The van der Waals surface area contributed by atoms with Crippen LogP contribution in [-0.4, -0.2) is 11.9 Å². The van der Waals surface area contributed by atoms with E-state index in [9.17, 15) is 4.79 Å². The fourth-order valence-electron chi connectivity index (χ4n) is 1.46. The van der Waals surface area contributed by atoms with Gasteiger partial charge in [-0.15, -0.1) is 0 Å². The lowest BCUT2D eigenvalue weighted by atomic mass is 9.86. The second kappa shape index (κ2) is 3.93. The summed E-state index contributed by atoms with van der Waals surface area (Å²) in [4.78, 5) is 13.1. The molecule has 1 rings (SSSR count). The number of carbonyl (C=O) groups excluding carboxylic acids is 1. The Morgan fingerprint density at radius 3 is 2.36 bits per heavy atom. The third-order valence-electron chi connectivity index (χ3n) is 2.24. The maximum atomic E-state index is 11.0. The van der Waals surface area contributed by atoms with E-state index in [0.717, 1.165) is 25.7 Å². The van der Waals surface area contributed by atoms with Gasteiger partial charge in [-0.25, -0.2) is 0 Å². The monoisotopic (exact) mass is 176 g/mol. The predicted octanol–water partition coefficient (Wildman–Crippen LogP) is 0.774. The lowest BCUT2D eigenvalue weighted by Gasteiger charge is -2.23. The Bertz CT molecular complexity index is 143. The highest BCUT2D eigenvalue weighted by atomic mass is 35.5. The summed E-state index contributed by atoms with van der Waals surface area (Å²) in [6.45, 7) is 0. The van der Waals surface area contributed by atoms with Gasteiger partial charge < -0.3 is 5.73 Å². The average molecular weight is 177 g/mol. The van der Waals surface area contributed by atoms with Crippen LogP contribution in [0.15, 0.2) is 0 Å². The van der Waals surface area contributed by atoms with Crippen LogP contribution in [0.3, 0.4) is 0 Å². The number of nitrogens with one attached hydrogen (secondary N) is 1. The second-order valence-corrected chi connectivity index (χ2v) is 3.26. The maximum absolute atomic E-state index is 11.0. The van der Waals surface area contributed by atoms with E-state index in [1.807, 2.05) is 0 Å². The van der Waals surface area contributed by atoms with E-state index >= 15 is 0 Å². The SMILES string of the molecule is N[C@H]1CC[C@H](C(=O)NCl)CC1. The van der Waals surface area contributed by atoms with Crippen molar-refractivity contribution in [1.29, 1.82) is 0 Å². The minimum Gasteiger partial charge on any atom is -0.328 e. The Balaban J connectivity index is 2.33. The molecule has 0 aromatic carbocycles. The molecule has 0 atom stereocenters. The van der Waals surface area contributed by atoms with Gasteiger partial charge in [0.2, 0.25) is 5.91 Å². The molecule has 4 heteroatoms. The molecule has 0 heterocycles. The Labute approximate surface area is 71.4 Å². The van der Waals surface area contributed by atoms with Gasteiger partial charge in [-0.2, -0.15) is 0 Å². The summed E-state index contributed by atoms with van der Waals surface area (Å²) in [6.07, 6.45) is 3.63. The van der Waals surface area contributed by atoms with Crippen LogP contribution in [0.2, 0.25) is 0 Å². The molecule has 1 amide bonds.